The minimum Gasteiger partial charge on any atom is -0.370 e. The lowest BCUT2D eigenvalue weighted by Gasteiger charge is -2.25. The molecule has 2 unspecified atom stereocenters. The summed E-state index contributed by atoms with van der Waals surface area (Å²) < 4.78 is 10.5. The summed E-state index contributed by atoms with van der Waals surface area (Å²) in [6, 6.07) is 0. The molecule has 0 aliphatic carbocycles. The summed E-state index contributed by atoms with van der Waals surface area (Å²) in [5.74, 6) is -1.31. The molecule has 6 nitrogen and oxygen atoms in total. The molecule has 6 heteroatoms. The van der Waals surface area contributed by atoms with Crippen LogP contribution in [-0.2, 0) is 19.1 Å². The Labute approximate surface area is 87.9 Å². The third-order valence-corrected chi connectivity index (χ3v) is 2.16. The van der Waals surface area contributed by atoms with E-state index in [-0.39, 0.29) is 6.42 Å². The van der Waals surface area contributed by atoms with Crippen LogP contribution in [0.1, 0.15) is 25.7 Å². The first-order chi connectivity index (χ1) is 7.09. The molecule has 1 aliphatic rings. The Kier molecular flexibility index (Phi) is 4.51. The van der Waals surface area contributed by atoms with Crippen molar-refractivity contribution in [1.82, 2.24) is 0 Å². The number of carbonyl (C=O) groups excluding carboxylic acids is 2. The molecule has 15 heavy (non-hydrogen) atoms. The predicted molar refractivity (Wildman–Crippen MR) is 51.5 cm³/mol. The van der Waals surface area contributed by atoms with Gasteiger partial charge in [0.25, 0.3) is 0 Å². The monoisotopic (exact) mass is 216 g/mol. The zero-order chi connectivity index (χ0) is 11.3. The van der Waals surface area contributed by atoms with Gasteiger partial charge in [-0.25, -0.2) is 0 Å². The van der Waals surface area contributed by atoms with Crippen LogP contribution in [0.3, 0.4) is 0 Å². The number of rotatable bonds is 5. The summed E-state index contributed by atoms with van der Waals surface area (Å²) in [5, 5.41) is 0. The van der Waals surface area contributed by atoms with Gasteiger partial charge in [0.15, 0.2) is 6.29 Å². The highest BCUT2D eigenvalue weighted by molar-refractivity contribution is 5.85. The van der Waals surface area contributed by atoms with E-state index in [1.807, 2.05) is 0 Å². The Hall–Kier alpha value is -1.14. The van der Waals surface area contributed by atoms with Crippen molar-refractivity contribution in [3.05, 3.63) is 0 Å². The highest BCUT2D eigenvalue weighted by Crippen LogP contribution is 2.16. The maximum Gasteiger partial charge on any atom is 0.247 e. The van der Waals surface area contributed by atoms with Crippen LogP contribution in [-0.4, -0.2) is 30.8 Å². The van der Waals surface area contributed by atoms with Crippen molar-refractivity contribution in [3.63, 3.8) is 0 Å². The van der Waals surface area contributed by atoms with Gasteiger partial charge in [-0.15, -0.1) is 0 Å². The first-order valence-corrected chi connectivity index (χ1v) is 4.94. The number of hydrogen-bond donors (Lipinski definition) is 2. The smallest absolute Gasteiger partial charge is 0.247 e. The van der Waals surface area contributed by atoms with E-state index in [1.54, 1.807) is 0 Å². The molecule has 0 aromatic carbocycles. The van der Waals surface area contributed by atoms with Gasteiger partial charge in [-0.1, -0.05) is 0 Å². The maximum absolute atomic E-state index is 10.9. The van der Waals surface area contributed by atoms with Crippen LogP contribution in [0.25, 0.3) is 0 Å². The van der Waals surface area contributed by atoms with Gasteiger partial charge in [0.05, 0.1) is 6.42 Å². The molecular weight excluding hydrogens is 200 g/mol. The SMILES string of the molecule is NC(=O)CC(OC1CCCCO1)C(N)=O. The molecule has 0 spiro atoms. The van der Waals surface area contributed by atoms with Crippen molar-refractivity contribution in [3.8, 4) is 0 Å². The van der Waals surface area contributed by atoms with Crippen molar-refractivity contribution in [2.45, 2.75) is 38.1 Å². The summed E-state index contributed by atoms with van der Waals surface area (Å²) >= 11 is 0. The number of amides is 2. The molecule has 1 fully saturated rings. The van der Waals surface area contributed by atoms with Crippen LogP contribution in [0, 0.1) is 0 Å². The number of ether oxygens (including phenoxy) is 2. The van der Waals surface area contributed by atoms with E-state index in [0.717, 1.165) is 12.8 Å². The van der Waals surface area contributed by atoms with Crippen LogP contribution in [0.4, 0.5) is 0 Å². The van der Waals surface area contributed by atoms with Gasteiger partial charge in [-0.3, -0.25) is 9.59 Å². The summed E-state index contributed by atoms with van der Waals surface area (Å²) in [7, 11) is 0. The highest BCUT2D eigenvalue weighted by Gasteiger charge is 2.24. The van der Waals surface area contributed by atoms with Crippen molar-refractivity contribution >= 4 is 11.8 Å². The average Bonchev–Trinajstić information content (AvgIpc) is 2.17. The molecule has 0 saturated carbocycles. The minimum absolute atomic E-state index is 0.199. The van der Waals surface area contributed by atoms with E-state index in [0.29, 0.717) is 13.0 Å². The molecule has 0 aromatic rings. The molecule has 1 aliphatic heterocycles. The van der Waals surface area contributed by atoms with E-state index in [4.69, 9.17) is 20.9 Å². The van der Waals surface area contributed by atoms with Gasteiger partial charge in [-0.05, 0) is 19.3 Å². The zero-order valence-electron chi connectivity index (χ0n) is 8.48. The number of carbonyl (C=O) groups is 2. The van der Waals surface area contributed by atoms with Gasteiger partial charge in [0.1, 0.15) is 6.10 Å². The van der Waals surface area contributed by atoms with E-state index in [9.17, 15) is 9.59 Å². The number of nitrogens with two attached hydrogens (primary N) is 2. The van der Waals surface area contributed by atoms with Crippen LogP contribution in [0.5, 0.6) is 0 Å². The summed E-state index contributed by atoms with van der Waals surface area (Å²) in [4.78, 5) is 21.6. The Morgan fingerprint density at radius 3 is 2.60 bits per heavy atom. The molecule has 86 valence electrons. The largest absolute Gasteiger partial charge is 0.370 e. The average molecular weight is 216 g/mol. The summed E-state index contributed by atoms with van der Waals surface area (Å²) in [6.07, 6.45) is 1.04. The molecule has 2 atom stereocenters. The van der Waals surface area contributed by atoms with Gasteiger partial charge in [0, 0.05) is 6.61 Å². The van der Waals surface area contributed by atoms with Gasteiger partial charge < -0.3 is 20.9 Å². The lowest BCUT2D eigenvalue weighted by molar-refractivity contribution is -0.192. The molecule has 1 rings (SSSR count). The fraction of sp³-hybridized carbons (Fsp3) is 0.778. The van der Waals surface area contributed by atoms with Crippen LogP contribution in [0.2, 0.25) is 0 Å². The lowest BCUT2D eigenvalue weighted by Crippen LogP contribution is -2.39. The molecule has 4 N–H and O–H groups in total. The van der Waals surface area contributed by atoms with Crippen molar-refractivity contribution in [1.29, 1.82) is 0 Å². The summed E-state index contributed by atoms with van der Waals surface area (Å²) in [6.45, 7) is 0.604. The third kappa shape index (κ3) is 4.26. The van der Waals surface area contributed by atoms with Crippen LogP contribution < -0.4 is 11.5 Å². The molecule has 0 radical (unpaired) electrons. The van der Waals surface area contributed by atoms with Crippen molar-refractivity contribution in [2.75, 3.05) is 6.61 Å². The standard InChI is InChI=1S/C9H16N2O4/c10-7(12)5-6(9(11)13)15-8-3-1-2-4-14-8/h6,8H,1-5H2,(H2,10,12)(H2,11,13). The molecule has 0 aromatic heterocycles. The first kappa shape index (κ1) is 11.9. The van der Waals surface area contributed by atoms with Gasteiger partial charge in [0.2, 0.25) is 11.8 Å². The number of hydrogen-bond acceptors (Lipinski definition) is 4. The molecule has 0 bridgehead atoms. The predicted octanol–water partition coefficient (Wildman–Crippen LogP) is -0.741. The highest BCUT2D eigenvalue weighted by atomic mass is 16.7. The van der Waals surface area contributed by atoms with Gasteiger partial charge in [-0.2, -0.15) is 0 Å². The fourth-order valence-corrected chi connectivity index (χ4v) is 1.40. The lowest BCUT2D eigenvalue weighted by atomic mass is 10.2. The minimum atomic E-state index is -0.981. The summed E-state index contributed by atoms with van der Waals surface area (Å²) in [5.41, 5.74) is 10.0. The number of primary amides is 2. The fourth-order valence-electron chi connectivity index (χ4n) is 1.40. The second-order valence-corrected chi connectivity index (χ2v) is 3.49. The molecule has 1 heterocycles. The maximum atomic E-state index is 10.9. The Morgan fingerprint density at radius 2 is 2.13 bits per heavy atom. The van der Waals surface area contributed by atoms with Gasteiger partial charge >= 0.3 is 0 Å². The van der Waals surface area contributed by atoms with Crippen LogP contribution >= 0.6 is 0 Å². The third-order valence-electron chi connectivity index (χ3n) is 2.16. The molecule has 2 amide bonds. The van der Waals surface area contributed by atoms with Crippen molar-refractivity contribution < 1.29 is 19.1 Å². The van der Waals surface area contributed by atoms with E-state index >= 15 is 0 Å². The van der Waals surface area contributed by atoms with Crippen LogP contribution in [0.15, 0.2) is 0 Å². The Balaban J connectivity index is 2.42. The molecule has 1 saturated heterocycles. The Bertz CT molecular complexity index is 238. The van der Waals surface area contributed by atoms with E-state index in [1.165, 1.54) is 0 Å². The second kappa shape index (κ2) is 5.67. The normalized spacial score (nSPS) is 23.3. The zero-order valence-corrected chi connectivity index (χ0v) is 8.48. The topological polar surface area (TPSA) is 105 Å². The quantitative estimate of drug-likeness (QED) is 0.631. The van der Waals surface area contributed by atoms with E-state index < -0.39 is 24.2 Å². The Morgan fingerprint density at radius 1 is 1.40 bits per heavy atom. The first-order valence-electron chi connectivity index (χ1n) is 4.94. The van der Waals surface area contributed by atoms with E-state index in [2.05, 4.69) is 0 Å². The second-order valence-electron chi connectivity index (χ2n) is 3.49. The molecular formula is C9H16N2O4. The van der Waals surface area contributed by atoms with Crippen molar-refractivity contribution in [2.24, 2.45) is 11.5 Å².